The highest BCUT2D eigenvalue weighted by Crippen LogP contribution is 2.23. The van der Waals surface area contributed by atoms with Gasteiger partial charge in [0.05, 0.1) is 0 Å². The molecule has 0 saturated carbocycles. The molecular formula is C20H23N4+. The molecule has 0 unspecified atom stereocenters. The van der Waals surface area contributed by atoms with Crippen LogP contribution in [0.3, 0.4) is 0 Å². The second-order valence-corrected chi connectivity index (χ2v) is 6.46. The topological polar surface area (TPSA) is 23.2 Å². The molecule has 1 aliphatic heterocycles. The van der Waals surface area contributed by atoms with Crippen LogP contribution in [0, 0.1) is 6.92 Å². The molecule has 1 fully saturated rings. The van der Waals surface area contributed by atoms with Gasteiger partial charge >= 0.3 is 0 Å². The van der Waals surface area contributed by atoms with E-state index in [0.717, 1.165) is 26.2 Å². The molecule has 0 atom stereocenters. The highest BCUT2D eigenvalue weighted by Gasteiger charge is 2.19. The Morgan fingerprint density at radius 1 is 0.833 bits per heavy atom. The van der Waals surface area contributed by atoms with E-state index >= 15 is 0 Å². The average molecular weight is 319 g/mol. The third-order valence-electron chi connectivity index (χ3n) is 5.08. The molecule has 0 spiro atoms. The Morgan fingerprint density at radius 2 is 1.46 bits per heavy atom. The zero-order valence-electron chi connectivity index (χ0n) is 14.3. The molecule has 2 aromatic heterocycles. The van der Waals surface area contributed by atoms with E-state index in [0.29, 0.717) is 0 Å². The molecule has 0 aliphatic carbocycles. The number of aromatic nitrogens is 2. The number of rotatable bonds is 2. The molecule has 4 nitrogen and oxygen atoms in total. The first-order chi connectivity index (χ1) is 11.7. The molecule has 24 heavy (non-hydrogen) atoms. The van der Waals surface area contributed by atoms with E-state index in [9.17, 15) is 0 Å². The zero-order chi connectivity index (χ0) is 16.5. The van der Waals surface area contributed by atoms with Gasteiger partial charge in [-0.15, -0.1) is 0 Å². The number of anilines is 2. The summed E-state index contributed by atoms with van der Waals surface area (Å²) in [5.41, 5.74) is 5.16. The minimum Gasteiger partial charge on any atom is -0.368 e. The molecule has 1 aromatic carbocycles. The monoisotopic (exact) mass is 319 g/mol. The largest absolute Gasteiger partial charge is 0.368 e. The number of piperazine rings is 1. The van der Waals surface area contributed by atoms with Crippen LogP contribution >= 0.6 is 0 Å². The Balaban J connectivity index is 1.55. The molecule has 4 heteroatoms. The fourth-order valence-corrected chi connectivity index (χ4v) is 3.45. The fourth-order valence-electron chi connectivity index (χ4n) is 3.45. The van der Waals surface area contributed by atoms with Gasteiger partial charge in [-0.2, -0.15) is 4.57 Å². The molecule has 3 aromatic rings. The first kappa shape index (κ1) is 14.9. The molecule has 4 rings (SSSR count). The lowest BCUT2D eigenvalue weighted by atomic mass is 10.1. The van der Waals surface area contributed by atoms with Gasteiger partial charge in [0.2, 0.25) is 5.52 Å². The van der Waals surface area contributed by atoms with E-state index in [1.807, 2.05) is 12.4 Å². The lowest BCUT2D eigenvalue weighted by Crippen LogP contribution is -2.46. The van der Waals surface area contributed by atoms with Crippen LogP contribution in [0.15, 0.2) is 54.9 Å². The van der Waals surface area contributed by atoms with Crippen molar-refractivity contribution in [2.24, 2.45) is 7.05 Å². The lowest BCUT2D eigenvalue weighted by Gasteiger charge is -2.37. The van der Waals surface area contributed by atoms with Gasteiger partial charge in [0.15, 0.2) is 5.69 Å². The van der Waals surface area contributed by atoms with Crippen LogP contribution in [-0.2, 0) is 7.05 Å². The summed E-state index contributed by atoms with van der Waals surface area (Å²) in [6.45, 7) is 6.33. The molecule has 0 radical (unpaired) electrons. The standard InChI is InChI=1S/C20H23N4/c1-16-3-4-17-5-6-19(15-20(17)22(16)2)24-13-11-23(12-14-24)18-7-9-21-10-8-18/h3-10,15H,11-14H2,1-2H3/q+1. The summed E-state index contributed by atoms with van der Waals surface area (Å²) in [6, 6.07) is 15.4. The number of nitrogens with zero attached hydrogens (tertiary/aromatic N) is 4. The quantitative estimate of drug-likeness (QED) is 0.679. The molecule has 0 bridgehead atoms. The summed E-state index contributed by atoms with van der Waals surface area (Å²) in [7, 11) is 2.14. The molecule has 0 amide bonds. The third-order valence-corrected chi connectivity index (χ3v) is 5.08. The van der Waals surface area contributed by atoms with Crippen molar-refractivity contribution in [2.45, 2.75) is 6.92 Å². The van der Waals surface area contributed by atoms with Crippen LogP contribution in [0.2, 0.25) is 0 Å². The van der Waals surface area contributed by atoms with E-state index in [1.165, 1.54) is 28.0 Å². The Kier molecular flexibility index (Phi) is 3.81. The minimum absolute atomic E-state index is 1.04. The van der Waals surface area contributed by atoms with Crippen LogP contribution < -0.4 is 14.4 Å². The van der Waals surface area contributed by atoms with Crippen LogP contribution in [0.1, 0.15) is 5.69 Å². The summed E-state index contributed by atoms with van der Waals surface area (Å²) >= 11 is 0. The summed E-state index contributed by atoms with van der Waals surface area (Å²) in [6.07, 6.45) is 3.74. The Bertz CT molecular complexity index is 852. The number of pyridine rings is 2. The first-order valence-electron chi connectivity index (χ1n) is 8.52. The van der Waals surface area contributed by atoms with Crippen molar-refractivity contribution in [1.82, 2.24) is 4.98 Å². The maximum Gasteiger partial charge on any atom is 0.214 e. The van der Waals surface area contributed by atoms with Crippen molar-refractivity contribution < 1.29 is 4.57 Å². The maximum absolute atomic E-state index is 4.11. The van der Waals surface area contributed by atoms with Crippen molar-refractivity contribution in [3.8, 4) is 0 Å². The summed E-state index contributed by atoms with van der Waals surface area (Å²) in [5.74, 6) is 0. The van der Waals surface area contributed by atoms with Crippen molar-refractivity contribution in [3.05, 3.63) is 60.6 Å². The van der Waals surface area contributed by atoms with Gasteiger partial charge < -0.3 is 9.80 Å². The second-order valence-electron chi connectivity index (χ2n) is 6.46. The van der Waals surface area contributed by atoms with Crippen molar-refractivity contribution >= 4 is 22.3 Å². The van der Waals surface area contributed by atoms with E-state index < -0.39 is 0 Å². The number of aryl methyl sites for hydroxylation is 2. The number of hydrogen-bond acceptors (Lipinski definition) is 3. The van der Waals surface area contributed by atoms with E-state index in [2.05, 4.69) is 75.8 Å². The van der Waals surface area contributed by atoms with Gasteiger partial charge in [0, 0.05) is 74.4 Å². The van der Waals surface area contributed by atoms with Crippen LogP contribution in [0.25, 0.3) is 10.9 Å². The maximum atomic E-state index is 4.11. The van der Waals surface area contributed by atoms with Crippen molar-refractivity contribution in [3.63, 3.8) is 0 Å². The van der Waals surface area contributed by atoms with E-state index in [-0.39, 0.29) is 0 Å². The fraction of sp³-hybridized carbons (Fsp3) is 0.300. The zero-order valence-corrected chi connectivity index (χ0v) is 14.3. The van der Waals surface area contributed by atoms with Crippen LogP contribution in [0.5, 0.6) is 0 Å². The molecule has 122 valence electrons. The van der Waals surface area contributed by atoms with Gasteiger partial charge in [-0.05, 0) is 30.3 Å². The summed E-state index contributed by atoms with van der Waals surface area (Å²) in [4.78, 5) is 9.03. The van der Waals surface area contributed by atoms with Gasteiger partial charge in [-0.3, -0.25) is 4.98 Å². The Labute approximate surface area is 143 Å². The Hall–Kier alpha value is -2.62. The molecular weight excluding hydrogens is 296 g/mol. The number of fused-ring (bicyclic) bond motifs is 1. The van der Waals surface area contributed by atoms with Gasteiger partial charge in [-0.1, -0.05) is 0 Å². The van der Waals surface area contributed by atoms with Gasteiger partial charge in [0.25, 0.3) is 0 Å². The minimum atomic E-state index is 1.04. The average Bonchev–Trinajstić information content (AvgIpc) is 2.65. The second kappa shape index (κ2) is 6.11. The highest BCUT2D eigenvalue weighted by molar-refractivity contribution is 5.80. The summed E-state index contributed by atoms with van der Waals surface area (Å²) in [5, 5.41) is 1.29. The predicted molar refractivity (Wildman–Crippen MR) is 98.5 cm³/mol. The molecule has 3 heterocycles. The van der Waals surface area contributed by atoms with Crippen molar-refractivity contribution in [2.75, 3.05) is 36.0 Å². The normalized spacial score (nSPS) is 15.1. The molecule has 1 aliphatic rings. The lowest BCUT2D eigenvalue weighted by molar-refractivity contribution is -0.651. The van der Waals surface area contributed by atoms with E-state index in [1.54, 1.807) is 0 Å². The highest BCUT2D eigenvalue weighted by atomic mass is 15.3. The summed E-state index contributed by atoms with van der Waals surface area (Å²) < 4.78 is 2.27. The smallest absolute Gasteiger partial charge is 0.214 e. The van der Waals surface area contributed by atoms with Crippen LogP contribution in [-0.4, -0.2) is 31.2 Å². The number of benzene rings is 1. The Morgan fingerprint density at radius 3 is 2.17 bits per heavy atom. The van der Waals surface area contributed by atoms with Gasteiger partial charge in [0.1, 0.15) is 7.05 Å². The SMILES string of the molecule is Cc1ccc2ccc(N3CCN(c4ccncc4)CC3)cc2[n+]1C. The van der Waals surface area contributed by atoms with Crippen LogP contribution in [0.4, 0.5) is 11.4 Å². The number of hydrogen-bond donors (Lipinski definition) is 0. The third kappa shape index (κ3) is 2.68. The van der Waals surface area contributed by atoms with Crippen molar-refractivity contribution in [1.29, 1.82) is 0 Å². The first-order valence-corrected chi connectivity index (χ1v) is 8.52. The van der Waals surface area contributed by atoms with Gasteiger partial charge in [-0.25, -0.2) is 0 Å². The van der Waals surface area contributed by atoms with E-state index in [4.69, 9.17) is 0 Å². The predicted octanol–water partition coefficient (Wildman–Crippen LogP) is 2.69. The molecule has 0 N–H and O–H groups in total. The molecule has 1 saturated heterocycles.